The minimum absolute atomic E-state index is 0. The monoisotopic (exact) mass is 184 g/mol. The molecule has 0 aliphatic rings. The number of rotatable bonds is 0. The van der Waals surface area contributed by atoms with Crippen molar-refractivity contribution in [2.75, 3.05) is 0 Å². The average molecular weight is 184 g/mol. The Labute approximate surface area is 90.5 Å². The zero-order valence-electron chi connectivity index (χ0n) is 7.25. The van der Waals surface area contributed by atoms with E-state index in [1.54, 1.807) is 0 Å². The van der Waals surface area contributed by atoms with Crippen LogP contribution in [0.5, 0.6) is 0 Å². The fourth-order valence-electron chi connectivity index (χ4n) is 0.385. The Morgan fingerprint density at radius 2 is 0.818 bits per heavy atom. The molecular formula is C6H10NaO3P. The smallest absolute Gasteiger partial charge is 1.00 e. The quantitative estimate of drug-likeness (QED) is 0.322. The molecule has 3 N–H and O–H groups in total. The van der Waals surface area contributed by atoms with Crippen LogP contribution in [0.2, 0.25) is 0 Å². The van der Waals surface area contributed by atoms with Crippen molar-refractivity contribution in [3.05, 3.63) is 36.4 Å². The predicted molar refractivity (Wildman–Crippen MR) is 41.1 cm³/mol. The normalized spacial score (nSPS) is 7.64. The van der Waals surface area contributed by atoms with Crippen LogP contribution >= 0.6 is 8.60 Å². The van der Waals surface area contributed by atoms with Gasteiger partial charge in [0.1, 0.15) is 0 Å². The Morgan fingerprint density at radius 1 is 0.727 bits per heavy atom. The van der Waals surface area contributed by atoms with Gasteiger partial charge in [0.2, 0.25) is 0 Å². The Balaban J connectivity index is -0.000000124. The SMILES string of the molecule is OP(O)O.[H-].[Na+].c1ccccc1. The molecular weight excluding hydrogens is 174 g/mol. The van der Waals surface area contributed by atoms with Crippen molar-refractivity contribution in [2.24, 2.45) is 0 Å². The molecule has 0 aromatic heterocycles. The van der Waals surface area contributed by atoms with Gasteiger partial charge in [0.25, 0.3) is 0 Å². The summed E-state index contributed by atoms with van der Waals surface area (Å²) in [5, 5.41) is 0. The van der Waals surface area contributed by atoms with E-state index in [1.165, 1.54) is 0 Å². The predicted octanol–water partition coefficient (Wildman–Crippen LogP) is -2.01. The minimum atomic E-state index is -2.62. The molecule has 0 unspecified atom stereocenters. The van der Waals surface area contributed by atoms with Gasteiger partial charge in [-0.3, -0.25) is 0 Å². The van der Waals surface area contributed by atoms with E-state index in [0.29, 0.717) is 0 Å². The molecule has 0 fully saturated rings. The van der Waals surface area contributed by atoms with Crippen molar-refractivity contribution in [1.82, 2.24) is 0 Å². The fraction of sp³-hybridized carbons (Fsp3) is 0. The third-order valence-electron chi connectivity index (χ3n) is 0.667. The topological polar surface area (TPSA) is 60.7 Å². The third kappa shape index (κ3) is 18.0. The van der Waals surface area contributed by atoms with Crippen LogP contribution in [0.15, 0.2) is 36.4 Å². The van der Waals surface area contributed by atoms with Crippen molar-refractivity contribution < 1.29 is 45.7 Å². The zero-order chi connectivity index (χ0) is 7.82. The van der Waals surface area contributed by atoms with Gasteiger partial charge in [-0.15, -0.1) is 0 Å². The Hall–Kier alpha value is 0.530. The molecule has 1 aromatic carbocycles. The summed E-state index contributed by atoms with van der Waals surface area (Å²) in [7, 11) is -2.62. The number of hydrogen-bond acceptors (Lipinski definition) is 3. The van der Waals surface area contributed by atoms with Crippen molar-refractivity contribution in [3.8, 4) is 0 Å². The van der Waals surface area contributed by atoms with Crippen LogP contribution in [0.3, 0.4) is 0 Å². The van der Waals surface area contributed by atoms with Crippen LogP contribution in [0.4, 0.5) is 0 Å². The second-order valence-corrected chi connectivity index (χ2v) is 1.96. The molecule has 5 heteroatoms. The molecule has 1 rings (SSSR count). The van der Waals surface area contributed by atoms with Gasteiger partial charge in [0.05, 0.1) is 0 Å². The summed E-state index contributed by atoms with van der Waals surface area (Å²) in [6, 6.07) is 12.0. The Morgan fingerprint density at radius 3 is 0.909 bits per heavy atom. The average Bonchev–Trinajstić information content (AvgIpc) is 1.90. The fourth-order valence-corrected chi connectivity index (χ4v) is 0.385. The van der Waals surface area contributed by atoms with E-state index in [0.717, 1.165) is 0 Å². The molecule has 0 heterocycles. The van der Waals surface area contributed by atoms with Gasteiger partial charge in [0.15, 0.2) is 0 Å². The molecule has 0 saturated heterocycles. The molecule has 0 aliphatic heterocycles. The van der Waals surface area contributed by atoms with E-state index >= 15 is 0 Å². The van der Waals surface area contributed by atoms with Crippen LogP contribution < -0.4 is 29.6 Å². The largest absolute Gasteiger partial charge is 1.00 e. The van der Waals surface area contributed by atoms with E-state index < -0.39 is 8.60 Å². The maximum atomic E-state index is 7.23. The maximum absolute atomic E-state index is 7.23. The number of hydrogen-bond donors (Lipinski definition) is 3. The second kappa shape index (κ2) is 10.5. The zero-order valence-corrected chi connectivity index (χ0v) is 9.15. The minimum Gasteiger partial charge on any atom is -1.00 e. The molecule has 11 heavy (non-hydrogen) atoms. The van der Waals surface area contributed by atoms with Crippen molar-refractivity contribution in [3.63, 3.8) is 0 Å². The second-order valence-electron chi connectivity index (χ2n) is 1.42. The molecule has 58 valence electrons. The summed E-state index contributed by atoms with van der Waals surface area (Å²) in [6.07, 6.45) is 0. The maximum Gasteiger partial charge on any atom is 1.00 e. The first kappa shape index (κ1) is 14.1. The van der Waals surface area contributed by atoms with E-state index in [9.17, 15) is 0 Å². The first-order valence-corrected chi connectivity index (χ1v) is 3.80. The molecule has 0 amide bonds. The summed E-state index contributed by atoms with van der Waals surface area (Å²) in [4.78, 5) is 21.7. The van der Waals surface area contributed by atoms with Crippen LogP contribution in [0, 0.1) is 0 Å². The van der Waals surface area contributed by atoms with E-state index in [-0.39, 0.29) is 31.0 Å². The third-order valence-corrected chi connectivity index (χ3v) is 0.667. The summed E-state index contributed by atoms with van der Waals surface area (Å²) in [5.74, 6) is 0. The summed E-state index contributed by atoms with van der Waals surface area (Å²) in [5.41, 5.74) is 0. The van der Waals surface area contributed by atoms with Crippen molar-refractivity contribution in [1.29, 1.82) is 0 Å². The van der Waals surface area contributed by atoms with Gasteiger partial charge < -0.3 is 16.1 Å². The van der Waals surface area contributed by atoms with Gasteiger partial charge in [-0.05, 0) is 0 Å². The van der Waals surface area contributed by atoms with Crippen LogP contribution in [-0.4, -0.2) is 14.7 Å². The van der Waals surface area contributed by atoms with Gasteiger partial charge >= 0.3 is 38.2 Å². The van der Waals surface area contributed by atoms with E-state index in [4.69, 9.17) is 14.7 Å². The van der Waals surface area contributed by atoms with Gasteiger partial charge in [-0.1, -0.05) is 36.4 Å². The molecule has 0 saturated carbocycles. The summed E-state index contributed by atoms with van der Waals surface area (Å²) < 4.78 is 0. The molecule has 0 radical (unpaired) electrons. The van der Waals surface area contributed by atoms with Crippen LogP contribution in [0.25, 0.3) is 0 Å². The first-order valence-electron chi connectivity index (χ1n) is 2.60. The van der Waals surface area contributed by atoms with Crippen LogP contribution in [-0.2, 0) is 0 Å². The van der Waals surface area contributed by atoms with Crippen molar-refractivity contribution >= 4 is 8.60 Å². The molecule has 0 spiro atoms. The summed E-state index contributed by atoms with van der Waals surface area (Å²) >= 11 is 0. The molecule has 1 aromatic rings. The van der Waals surface area contributed by atoms with E-state index in [1.807, 2.05) is 36.4 Å². The van der Waals surface area contributed by atoms with Gasteiger partial charge in [-0.25, -0.2) is 0 Å². The van der Waals surface area contributed by atoms with Crippen LogP contribution in [0.1, 0.15) is 1.43 Å². The Bertz CT molecular complexity index is 123. The standard InChI is InChI=1S/C6H6.Na.H3O3P.H/c1-2-4-6-5-3-1;;1-4(2)3;/h1-6H;;1-3H;/q;+1;;-1. The molecule has 0 atom stereocenters. The first-order chi connectivity index (χ1) is 4.73. The van der Waals surface area contributed by atoms with Crippen molar-refractivity contribution in [2.45, 2.75) is 0 Å². The molecule has 0 bridgehead atoms. The molecule has 3 nitrogen and oxygen atoms in total. The number of benzene rings is 1. The Kier molecular flexibility index (Phi) is 13.5. The van der Waals surface area contributed by atoms with E-state index in [2.05, 4.69) is 0 Å². The van der Waals surface area contributed by atoms with Gasteiger partial charge in [-0.2, -0.15) is 0 Å². The van der Waals surface area contributed by atoms with Gasteiger partial charge in [0, 0.05) is 0 Å². The molecule has 0 aliphatic carbocycles. The summed E-state index contributed by atoms with van der Waals surface area (Å²) in [6.45, 7) is 0.